The minimum atomic E-state index is -0.572. The zero-order valence-electron chi connectivity index (χ0n) is 32.8. The van der Waals surface area contributed by atoms with Gasteiger partial charge in [0.2, 0.25) is 0 Å². The van der Waals surface area contributed by atoms with Gasteiger partial charge in [0, 0.05) is 43.2 Å². The Hall–Kier alpha value is -2.54. The molecule has 51 heavy (non-hydrogen) atoms. The summed E-state index contributed by atoms with van der Waals surface area (Å²) >= 11 is 0. The van der Waals surface area contributed by atoms with Crippen LogP contribution in [0, 0.1) is 50.2 Å². The molecule has 1 saturated heterocycles. The molecule has 0 aromatic carbocycles. The van der Waals surface area contributed by atoms with Crippen LogP contribution in [0.4, 0.5) is 0 Å². The van der Waals surface area contributed by atoms with Gasteiger partial charge in [-0.25, -0.2) is 0 Å². The molecule has 5 fully saturated rings. The zero-order chi connectivity index (χ0) is 36.6. The number of carbonyl (C=O) groups is 3. The first kappa shape index (κ1) is 36.8. The monoisotopic (exact) mass is 700 g/mol. The number of fused-ring (bicyclic) bond motifs is 7. The van der Waals surface area contributed by atoms with Crippen molar-refractivity contribution < 1.29 is 23.9 Å². The Bertz CT molecular complexity index is 1570. The van der Waals surface area contributed by atoms with Crippen LogP contribution in [0.2, 0.25) is 0 Å². The van der Waals surface area contributed by atoms with Crippen LogP contribution in [0.1, 0.15) is 144 Å². The van der Waals surface area contributed by atoms with Gasteiger partial charge in [0.05, 0.1) is 5.41 Å². The molecule has 7 nitrogen and oxygen atoms in total. The summed E-state index contributed by atoms with van der Waals surface area (Å²) in [4.78, 5) is 47.8. The third-order valence-corrected chi connectivity index (χ3v) is 16.6. The number of nitrogens with zero attached hydrogens (tertiary/aromatic N) is 2. The van der Waals surface area contributed by atoms with E-state index in [9.17, 15) is 14.4 Å². The van der Waals surface area contributed by atoms with Gasteiger partial charge in [0.15, 0.2) is 5.78 Å². The molecule has 1 aliphatic heterocycles. The number of hydrogen-bond donors (Lipinski definition) is 0. The van der Waals surface area contributed by atoms with Gasteiger partial charge in [-0.1, -0.05) is 59.6 Å². The summed E-state index contributed by atoms with van der Waals surface area (Å²) < 4.78 is 12.1. The quantitative estimate of drug-likeness (QED) is 0.274. The predicted octanol–water partition coefficient (Wildman–Crippen LogP) is 9.06. The molecule has 1 aromatic rings. The summed E-state index contributed by atoms with van der Waals surface area (Å²) in [6.07, 6.45) is 17.8. The van der Waals surface area contributed by atoms with Crippen molar-refractivity contribution >= 4 is 17.7 Å². The first-order valence-corrected chi connectivity index (χ1v) is 20.2. The Kier molecular flexibility index (Phi) is 9.24. The van der Waals surface area contributed by atoms with Crippen LogP contribution in [0.3, 0.4) is 0 Å². The number of allylic oxidation sites excluding steroid dienone is 2. The van der Waals surface area contributed by atoms with Crippen molar-refractivity contribution in [2.75, 3.05) is 19.7 Å². The third kappa shape index (κ3) is 5.76. The molecule has 5 aliphatic carbocycles. The molecule has 1 aromatic heterocycles. The number of ether oxygens (including phenoxy) is 2. The highest BCUT2D eigenvalue weighted by Gasteiger charge is 2.70. The smallest absolute Gasteiger partial charge is 0.311 e. The number of aromatic nitrogens is 1. The first-order chi connectivity index (χ1) is 24.0. The van der Waals surface area contributed by atoms with Crippen molar-refractivity contribution in [2.24, 2.45) is 50.2 Å². The number of rotatable bonds is 6. The van der Waals surface area contributed by atoms with Gasteiger partial charge in [-0.15, -0.1) is 0 Å². The summed E-state index contributed by atoms with van der Waals surface area (Å²) in [5.41, 5.74) is 1.43. The second-order valence-electron chi connectivity index (χ2n) is 19.7. The zero-order valence-corrected chi connectivity index (χ0v) is 32.8. The van der Waals surface area contributed by atoms with E-state index < -0.39 is 5.41 Å². The van der Waals surface area contributed by atoms with E-state index in [0.717, 1.165) is 77.3 Å². The Morgan fingerprint density at radius 1 is 0.941 bits per heavy atom. The molecule has 0 radical (unpaired) electrons. The Labute approximate surface area is 307 Å². The molecule has 0 bridgehead atoms. The maximum atomic E-state index is 14.8. The SMILES string of the molecule is CC(=O)O[C@@H]1CC[C@]2(C)[C@H](CC[C@]3(C)[C@@H]2C(=O)C=C2[C@@H]4C[C@](C)(C(=O)OCCN5CCCC[C@@H]5c5cccnc5)CC[C@@]4(C)CC[C@@]23C)C1(C)C. The molecule has 0 amide bonds. The summed E-state index contributed by atoms with van der Waals surface area (Å²) in [5, 5.41) is 0. The van der Waals surface area contributed by atoms with E-state index in [2.05, 4.69) is 70.5 Å². The van der Waals surface area contributed by atoms with Gasteiger partial charge in [0.25, 0.3) is 0 Å². The van der Waals surface area contributed by atoms with E-state index in [1.807, 2.05) is 18.5 Å². The highest BCUT2D eigenvalue weighted by Crippen LogP contribution is 2.75. The number of carbonyl (C=O) groups excluding carboxylic acids is 3. The lowest BCUT2D eigenvalue weighted by molar-refractivity contribution is -0.210. The number of esters is 2. The van der Waals surface area contributed by atoms with Gasteiger partial charge in [-0.05, 0) is 135 Å². The summed E-state index contributed by atoms with van der Waals surface area (Å²) in [6.45, 7) is 20.0. The number of pyridine rings is 1. The average Bonchev–Trinajstić information content (AvgIpc) is 3.08. The standard InChI is InChI=1S/C44H64N2O5/c1-29(47)51-36-15-16-42(6)35(39(36,2)3)14-17-44(8)37(42)34(48)26-31-32-27-41(5,19-18-40(32,4)20-21-43(31,44)7)38(49)50-25-24-46-23-10-9-13-33(46)30-12-11-22-45-28-30/h11-12,22,26,28,32-33,35-37H,9-10,13-21,23-25,27H2,1-8H3/t32-,33+,35+,36+,37+,40-,41+,42+,43-,44+/m0/s1. The van der Waals surface area contributed by atoms with E-state index in [1.165, 1.54) is 30.9 Å². The van der Waals surface area contributed by atoms with E-state index in [0.29, 0.717) is 24.3 Å². The first-order valence-electron chi connectivity index (χ1n) is 20.2. The fraction of sp³-hybridized carbons (Fsp3) is 0.773. The van der Waals surface area contributed by atoms with Crippen molar-refractivity contribution in [3.05, 3.63) is 41.7 Å². The van der Waals surface area contributed by atoms with Crippen molar-refractivity contribution in [1.29, 1.82) is 0 Å². The fourth-order valence-electron chi connectivity index (χ4n) is 13.4. The van der Waals surface area contributed by atoms with Gasteiger partial charge in [-0.2, -0.15) is 0 Å². The number of ketones is 1. The Morgan fingerprint density at radius 2 is 1.71 bits per heavy atom. The highest BCUT2D eigenvalue weighted by atomic mass is 16.5. The highest BCUT2D eigenvalue weighted by molar-refractivity contribution is 5.95. The van der Waals surface area contributed by atoms with Crippen LogP contribution in [0.5, 0.6) is 0 Å². The third-order valence-electron chi connectivity index (χ3n) is 16.6. The maximum absolute atomic E-state index is 14.8. The Morgan fingerprint density at radius 3 is 2.43 bits per heavy atom. The van der Waals surface area contributed by atoms with E-state index in [1.54, 1.807) is 0 Å². The lowest BCUT2D eigenvalue weighted by atomic mass is 9.33. The largest absolute Gasteiger partial charge is 0.464 e. The molecule has 0 spiro atoms. The van der Waals surface area contributed by atoms with E-state index in [-0.39, 0.29) is 57.0 Å². The van der Waals surface area contributed by atoms with Crippen LogP contribution < -0.4 is 0 Å². The molecular weight excluding hydrogens is 636 g/mol. The summed E-state index contributed by atoms with van der Waals surface area (Å²) in [7, 11) is 0. The second kappa shape index (κ2) is 12.8. The molecule has 7 heteroatoms. The maximum Gasteiger partial charge on any atom is 0.311 e. The molecule has 280 valence electrons. The van der Waals surface area contributed by atoms with Crippen molar-refractivity contribution in [1.82, 2.24) is 9.88 Å². The topological polar surface area (TPSA) is 85.8 Å². The summed E-state index contributed by atoms with van der Waals surface area (Å²) in [5.74, 6) is 0.430. The van der Waals surface area contributed by atoms with Crippen molar-refractivity contribution in [2.45, 2.75) is 145 Å². The van der Waals surface area contributed by atoms with E-state index >= 15 is 0 Å². The predicted molar refractivity (Wildman–Crippen MR) is 198 cm³/mol. The van der Waals surface area contributed by atoms with Crippen LogP contribution in [0.15, 0.2) is 36.2 Å². The molecule has 10 atom stereocenters. The van der Waals surface area contributed by atoms with Crippen LogP contribution in [-0.4, -0.2) is 53.4 Å². The molecule has 4 saturated carbocycles. The van der Waals surface area contributed by atoms with Gasteiger partial charge in [0.1, 0.15) is 12.7 Å². The van der Waals surface area contributed by atoms with Gasteiger partial charge in [-0.3, -0.25) is 24.3 Å². The minimum Gasteiger partial charge on any atom is -0.464 e. The van der Waals surface area contributed by atoms with E-state index in [4.69, 9.17) is 9.47 Å². The second-order valence-corrected chi connectivity index (χ2v) is 19.7. The molecule has 0 N–H and O–H groups in total. The fourth-order valence-corrected chi connectivity index (χ4v) is 13.4. The lowest BCUT2D eigenvalue weighted by Crippen LogP contribution is -2.66. The number of hydrogen-bond acceptors (Lipinski definition) is 7. The average molecular weight is 701 g/mol. The van der Waals surface area contributed by atoms with Crippen LogP contribution in [0.25, 0.3) is 0 Å². The normalized spacial score (nSPS) is 43.4. The number of piperidine rings is 1. The summed E-state index contributed by atoms with van der Waals surface area (Å²) in [6, 6.07) is 4.50. The van der Waals surface area contributed by atoms with Crippen LogP contribution in [-0.2, 0) is 23.9 Å². The molecular formula is C44H64N2O5. The lowest BCUT2D eigenvalue weighted by Gasteiger charge is -2.70. The Balaban J connectivity index is 1.11. The van der Waals surface area contributed by atoms with Crippen LogP contribution >= 0.6 is 0 Å². The molecule has 6 aliphatic rings. The van der Waals surface area contributed by atoms with Gasteiger partial charge < -0.3 is 9.47 Å². The van der Waals surface area contributed by atoms with Crippen molar-refractivity contribution in [3.63, 3.8) is 0 Å². The number of likely N-dealkylation sites (tertiary alicyclic amines) is 1. The molecule has 0 unspecified atom stereocenters. The minimum absolute atomic E-state index is 0.0652. The molecule has 7 rings (SSSR count). The molecule has 2 heterocycles. The van der Waals surface area contributed by atoms with Gasteiger partial charge >= 0.3 is 11.9 Å². The van der Waals surface area contributed by atoms with Crippen molar-refractivity contribution in [3.8, 4) is 0 Å².